The second-order valence-electron chi connectivity index (χ2n) is 4.98. The third-order valence-corrected chi connectivity index (χ3v) is 3.70. The van der Waals surface area contributed by atoms with Crippen LogP contribution in [0.15, 0.2) is 24.3 Å². The summed E-state index contributed by atoms with van der Waals surface area (Å²) in [4.78, 5) is 16.1. The molecule has 1 fully saturated rings. The molecule has 0 aliphatic carbocycles. The van der Waals surface area contributed by atoms with Crippen LogP contribution in [0.4, 0.5) is 4.39 Å². The van der Waals surface area contributed by atoms with Gasteiger partial charge < -0.3 is 10.6 Å². The number of hydrogen-bond acceptors (Lipinski definition) is 3. The Hall–Kier alpha value is -1.46. The average Bonchev–Trinajstić information content (AvgIpc) is 2.42. The van der Waals surface area contributed by atoms with E-state index in [0.29, 0.717) is 25.2 Å². The Balaban J connectivity index is 1.99. The first-order valence-electron chi connectivity index (χ1n) is 6.53. The maximum Gasteiger partial charge on any atom is 0.227 e. The van der Waals surface area contributed by atoms with Crippen LogP contribution in [0.3, 0.4) is 0 Å². The topological polar surface area (TPSA) is 49.6 Å². The van der Waals surface area contributed by atoms with Crippen LogP contribution in [-0.4, -0.2) is 55.0 Å². The van der Waals surface area contributed by atoms with Crippen LogP contribution >= 0.6 is 0 Å². The summed E-state index contributed by atoms with van der Waals surface area (Å²) >= 11 is 0. The van der Waals surface area contributed by atoms with E-state index in [2.05, 4.69) is 4.90 Å². The molecule has 1 heterocycles. The normalized spacial score (nSPS) is 20.6. The highest BCUT2D eigenvalue weighted by molar-refractivity contribution is 5.79. The fraction of sp³-hybridized carbons (Fsp3) is 0.500. The summed E-state index contributed by atoms with van der Waals surface area (Å²) in [6.45, 7) is 2.64. The summed E-state index contributed by atoms with van der Waals surface area (Å²) in [7, 11) is 2.01. The summed E-state index contributed by atoms with van der Waals surface area (Å²) < 4.78 is 13.5. The second-order valence-corrected chi connectivity index (χ2v) is 4.98. The number of likely N-dealkylation sites (N-methyl/N-ethyl adjacent to an activating group) is 1. The van der Waals surface area contributed by atoms with Crippen LogP contribution in [0, 0.1) is 5.82 Å². The molecule has 19 heavy (non-hydrogen) atoms. The Bertz CT molecular complexity index is 452. The van der Waals surface area contributed by atoms with E-state index >= 15 is 0 Å². The molecule has 4 nitrogen and oxygen atoms in total. The number of carbonyl (C=O) groups excluding carboxylic acids is 1. The van der Waals surface area contributed by atoms with Crippen LogP contribution in [0.25, 0.3) is 0 Å². The number of halogens is 1. The van der Waals surface area contributed by atoms with E-state index in [1.807, 2.05) is 7.05 Å². The van der Waals surface area contributed by atoms with Crippen LogP contribution in [-0.2, 0) is 11.2 Å². The summed E-state index contributed by atoms with van der Waals surface area (Å²) in [6, 6.07) is 6.61. The molecule has 0 spiro atoms. The van der Waals surface area contributed by atoms with Crippen molar-refractivity contribution in [3.63, 3.8) is 0 Å². The van der Waals surface area contributed by atoms with Crippen molar-refractivity contribution in [2.45, 2.75) is 12.5 Å². The molecule has 0 saturated carbocycles. The number of amides is 1. The van der Waals surface area contributed by atoms with Gasteiger partial charge in [0.25, 0.3) is 0 Å². The molecule has 2 N–H and O–H groups in total. The second kappa shape index (κ2) is 6.12. The summed E-state index contributed by atoms with van der Waals surface area (Å²) in [5.74, 6) is -0.350. The zero-order chi connectivity index (χ0) is 13.8. The van der Waals surface area contributed by atoms with E-state index in [-0.39, 0.29) is 24.2 Å². The van der Waals surface area contributed by atoms with Gasteiger partial charge in [-0.1, -0.05) is 18.2 Å². The molecule has 104 valence electrons. The van der Waals surface area contributed by atoms with Gasteiger partial charge in [0.05, 0.1) is 6.42 Å². The third kappa shape index (κ3) is 3.30. The molecule has 1 aliphatic heterocycles. The van der Waals surface area contributed by atoms with Crippen LogP contribution < -0.4 is 5.73 Å². The molecule has 0 bridgehead atoms. The molecule has 5 heteroatoms. The quantitative estimate of drug-likeness (QED) is 0.864. The fourth-order valence-electron chi connectivity index (χ4n) is 2.34. The molecule has 1 aromatic rings. The van der Waals surface area contributed by atoms with Gasteiger partial charge in [0.1, 0.15) is 5.82 Å². The Kier molecular flexibility index (Phi) is 4.50. The van der Waals surface area contributed by atoms with Crippen molar-refractivity contribution in [2.75, 3.05) is 33.2 Å². The number of nitrogens with two attached hydrogens (primary N) is 1. The first-order valence-corrected chi connectivity index (χ1v) is 6.53. The van der Waals surface area contributed by atoms with Gasteiger partial charge in [-0.2, -0.15) is 0 Å². The first kappa shape index (κ1) is 14.0. The molecular formula is C14H20FN3O. The minimum absolute atomic E-state index is 0.0309. The van der Waals surface area contributed by atoms with Gasteiger partial charge in [0, 0.05) is 32.2 Å². The number of carbonyl (C=O) groups is 1. The number of rotatable bonds is 3. The van der Waals surface area contributed by atoms with Crippen LogP contribution in [0.5, 0.6) is 0 Å². The van der Waals surface area contributed by atoms with E-state index < -0.39 is 0 Å². The Morgan fingerprint density at radius 1 is 1.42 bits per heavy atom. The fourth-order valence-corrected chi connectivity index (χ4v) is 2.34. The van der Waals surface area contributed by atoms with Crippen molar-refractivity contribution in [3.8, 4) is 0 Å². The summed E-state index contributed by atoms with van der Waals surface area (Å²) in [5, 5.41) is 0. The van der Waals surface area contributed by atoms with Crippen LogP contribution in [0.1, 0.15) is 5.56 Å². The highest BCUT2D eigenvalue weighted by Gasteiger charge is 2.26. The van der Waals surface area contributed by atoms with E-state index in [1.54, 1.807) is 23.1 Å². The number of nitrogens with zero attached hydrogens (tertiary/aromatic N) is 2. The summed E-state index contributed by atoms with van der Waals surface area (Å²) in [6.07, 6.45) is 0.119. The molecule has 1 saturated heterocycles. The standard InChI is InChI=1S/C14H20FN3O/c1-17-6-7-18(10-12(17)9-16)14(19)8-11-4-2-3-5-13(11)15/h2-5,12H,6-10,16H2,1H3. The number of benzene rings is 1. The van der Waals surface area contributed by atoms with Gasteiger partial charge in [-0.25, -0.2) is 4.39 Å². The number of hydrogen-bond donors (Lipinski definition) is 1. The van der Waals surface area contributed by atoms with E-state index in [0.717, 1.165) is 6.54 Å². The lowest BCUT2D eigenvalue weighted by Gasteiger charge is -2.39. The highest BCUT2D eigenvalue weighted by atomic mass is 19.1. The van der Waals surface area contributed by atoms with Crippen LogP contribution in [0.2, 0.25) is 0 Å². The SMILES string of the molecule is CN1CCN(C(=O)Cc2ccccc2F)CC1CN. The van der Waals surface area contributed by atoms with Crippen molar-refractivity contribution in [2.24, 2.45) is 5.73 Å². The maximum absolute atomic E-state index is 13.5. The zero-order valence-corrected chi connectivity index (χ0v) is 11.2. The Morgan fingerprint density at radius 2 is 2.16 bits per heavy atom. The molecule has 0 aromatic heterocycles. The average molecular weight is 265 g/mol. The molecule has 1 aromatic carbocycles. The molecule has 1 atom stereocenters. The molecule has 2 rings (SSSR count). The Labute approximate surface area is 113 Å². The van der Waals surface area contributed by atoms with Crippen molar-refractivity contribution < 1.29 is 9.18 Å². The molecule has 1 amide bonds. The van der Waals surface area contributed by atoms with Gasteiger partial charge in [0.15, 0.2) is 0 Å². The van der Waals surface area contributed by atoms with Gasteiger partial charge in [0.2, 0.25) is 5.91 Å². The predicted octanol–water partition coefficient (Wildman–Crippen LogP) is 0.469. The largest absolute Gasteiger partial charge is 0.340 e. The molecular weight excluding hydrogens is 245 g/mol. The maximum atomic E-state index is 13.5. The molecule has 1 aliphatic rings. The van der Waals surface area contributed by atoms with E-state index in [1.165, 1.54) is 6.07 Å². The van der Waals surface area contributed by atoms with Gasteiger partial charge >= 0.3 is 0 Å². The lowest BCUT2D eigenvalue weighted by Crippen LogP contribution is -2.56. The van der Waals surface area contributed by atoms with E-state index in [9.17, 15) is 9.18 Å². The smallest absolute Gasteiger partial charge is 0.227 e. The van der Waals surface area contributed by atoms with E-state index in [4.69, 9.17) is 5.73 Å². The predicted molar refractivity (Wildman–Crippen MR) is 72.2 cm³/mol. The van der Waals surface area contributed by atoms with Crippen molar-refractivity contribution >= 4 is 5.91 Å². The lowest BCUT2D eigenvalue weighted by atomic mass is 10.1. The van der Waals surface area contributed by atoms with Crippen molar-refractivity contribution in [1.29, 1.82) is 0 Å². The van der Waals surface area contributed by atoms with Crippen molar-refractivity contribution in [1.82, 2.24) is 9.80 Å². The monoisotopic (exact) mass is 265 g/mol. The third-order valence-electron chi connectivity index (χ3n) is 3.70. The lowest BCUT2D eigenvalue weighted by molar-refractivity contribution is -0.133. The van der Waals surface area contributed by atoms with Crippen molar-refractivity contribution in [3.05, 3.63) is 35.6 Å². The first-order chi connectivity index (χ1) is 9.11. The zero-order valence-electron chi connectivity index (χ0n) is 11.2. The van der Waals surface area contributed by atoms with Gasteiger partial charge in [-0.3, -0.25) is 9.69 Å². The van der Waals surface area contributed by atoms with Gasteiger partial charge in [-0.15, -0.1) is 0 Å². The molecule has 1 unspecified atom stereocenters. The highest BCUT2D eigenvalue weighted by Crippen LogP contribution is 2.12. The Morgan fingerprint density at radius 3 is 2.84 bits per heavy atom. The minimum atomic E-state index is -0.319. The molecule has 0 radical (unpaired) electrons. The minimum Gasteiger partial charge on any atom is -0.340 e. The number of piperazine rings is 1. The van der Waals surface area contributed by atoms with Gasteiger partial charge in [-0.05, 0) is 18.7 Å². The summed E-state index contributed by atoms with van der Waals surface area (Å²) in [5.41, 5.74) is 6.15.